The SMILES string of the molecule is O=C(NCCNc1ncnc2c1ncn2[C@H]1C[C@H](O)[C@@H](COP(=O)(O)OP(=O)(O)OP(=O)(O)O)O1)c1ccc(C2(C(F)(F)F)N=N2)cc1. The summed E-state index contributed by atoms with van der Waals surface area (Å²) in [6, 6.07) is 4.70. The van der Waals surface area contributed by atoms with Crippen LogP contribution in [-0.2, 0) is 37.2 Å². The first-order valence-corrected chi connectivity index (χ1v) is 17.7. The Kier molecular flexibility index (Phi) is 9.94. The van der Waals surface area contributed by atoms with Crippen LogP contribution in [0.15, 0.2) is 47.1 Å². The second-order valence-corrected chi connectivity index (χ2v) is 14.4. The Bertz CT molecular complexity index is 1850. The fraction of sp³-hybridized carbons (Fsp3) is 0.429. The van der Waals surface area contributed by atoms with Crippen LogP contribution in [-0.4, -0.2) is 88.2 Å². The van der Waals surface area contributed by atoms with E-state index in [1.165, 1.54) is 29.4 Å². The van der Waals surface area contributed by atoms with Gasteiger partial charge in [-0.2, -0.15) is 21.8 Å². The number of anilines is 1. The highest BCUT2D eigenvalue weighted by atomic mass is 31.3. The van der Waals surface area contributed by atoms with E-state index in [9.17, 15) is 46.6 Å². The minimum Gasteiger partial charge on any atom is -0.390 e. The van der Waals surface area contributed by atoms with Gasteiger partial charge in [0.2, 0.25) is 0 Å². The van der Waals surface area contributed by atoms with Crippen LogP contribution < -0.4 is 10.6 Å². The number of hydrogen-bond donors (Lipinski definition) is 7. The van der Waals surface area contributed by atoms with Crippen LogP contribution in [0.4, 0.5) is 19.0 Å². The quantitative estimate of drug-likeness (QED) is 0.0914. The summed E-state index contributed by atoms with van der Waals surface area (Å²) < 4.78 is 92.7. The lowest BCUT2D eigenvalue weighted by Gasteiger charge is -2.19. The monoisotopic (exact) mass is 746 g/mol. The van der Waals surface area contributed by atoms with E-state index in [0.29, 0.717) is 0 Å². The van der Waals surface area contributed by atoms with E-state index in [4.69, 9.17) is 14.5 Å². The number of hydrogen-bond acceptors (Lipinski definition) is 15. The summed E-state index contributed by atoms with van der Waals surface area (Å²) >= 11 is 0. The van der Waals surface area contributed by atoms with Gasteiger partial charge in [0.25, 0.3) is 5.91 Å². The third-order valence-electron chi connectivity index (χ3n) is 6.64. The molecule has 1 saturated heterocycles. The van der Waals surface area contributed by atoms with Crippen LogP contribution in [0.3, 0.4) is 0 Å². The van der Waals surface area contributed by atoms with Crippen molar-refractivity contribution in [2.75, 3.05) is 25.0 Å². The smallest absolute Gasteiger partial charge is 0.390 e. The summed E-state index contributed by atoms with van der Waals surface area (Å²) in [5, 5.41) is 22.2. The van der Waals surface area contributed by atoms with Gasteiger partial charge < -0.3 is 40.1 Å². The van der Waals surface area contributed by atoms with Crippen LogP contribution in [0.2, 0.25) is 0 Å². The summed E-state index contributed by atoms with van der Waals surface area (Å²) in [5.74, 6) is -0.305. The molecule has 2 aliphatic heterocycles. The van der Waals surface area contributed by atoms with Crippen LogP contribution in [0.5, 0.6) is 0 Å². The number of nitrogens with zero attached hydrogens (tertiary/aromatic N) is 6. The highest BCUT2D eigenvalue weighted by Gasteiger charge is 2.65. The molecule has 0 radical (unpaired) electrons. The Morgan fingerprint density at radius 3 is 2.33 bits per heavy atom. The van der Waals surface area contributed by atoms with Crippen LogP contribution in [0, 0.1) is 0 Å². The van der Waals surface area contributed by atoms with Crippen molar-refractivity contribution in [3.05, 3.63) is 48.0 Å². The number of aliphatic hydroxyl groups excluding tert-OH is 1. The number of phosphoric acid groups is 3. The number of halogens is 3. The van der Waals surface area contributed by atoms with E-state index in [2.05, 4.69) is 49.0 Å². The van der Waals surface area contributed by atoms with E-state index in [0.717, 1.165) is 12.1 Å². The molecule has 21 nitrogen and oxygen atoms in total. The van der Waals surface area contributed by atoms with Gasteiger partial charge in [-0.25, -0.2) is 28.6 Å². The molecule has 5 rings (SSSR count). The second-order valence-electron chi connectivity index (χ2n) is 10.00. The summed E-state index contributed by atoms with van der Waals surface area (Å²) in [6.07, 6.45) is -5.83. The third kappa shape index (κ3) is 8.30. The lowest BCUT2D eigenvalue weighted by Crippen LogP contribution is -2.31. The number of carbonyl (C=O) groups excluding carboxylic acids is 1. The van der Waals surface area contributed by atoms with Gasteiger partial charge in [0.15, 0.2) is 17.0 Å². The molecule has 1 amide bonds. The number of amides is 1. The van der Waals surface area contributed by atoms with Gasteiger partial charge in [0.05, 0.1) is 19.0 Å². The Labute approximate surface area is 265 Å². The number of benzene rings is 1. The molecule has 2 unspecified atom stereocenters. The van der Waals surface area contributed by atoms with Gasteiger partial charge in [-0.1, -0.05) is 12.1 Å². The molecule has 2 aliphatic rings. The predicted molar refractivity (Wildman–Crippen MR) is 150 cm³/mol. The number of rotatable bonds is 14. The molecule has 262 valence electrons. The third-order valence-corrected chi connectivity index (χ3v) is 10.4. The molecule has 2 aromatic heterocycles. The van der Waals surface area contributed by atoms with Crippen molar-refractivity contribution in [2.24, 2.45) is 10.2 Å². The Hall–Kier alpha value is -3.24. The molecular weight excluding hydrogens is 722 g/mol. The lowest BCUT2D eigenvalue weighted by atomic mass is 10.0. The zero-order valence-corrected chi connectivity index (χ0v) is 26.4. The number of fused-ring (bicyclic) bond motifs is 1. The van der Waals surface area contributed by atoms with Gasteiger partial charge in [0, 0.05) is 30.6 Å². The highest BCUT2D eigenvalue weighted by Crippen LogP contribution is 2.66. The normalized spacial score (nSPS) is 23.0. The predicted octanol–water partition coefficient (Wildman–Crippen LogP) is 1.84. The number of phosphoric ester groups is 1. The number of ether oxygens (including phenoxy) is 1. The van der Waals surface area contributed by atoms with Gasteiger partial charge in [-0.15, -0.1) is 10.2 Å². The fourth-order valence-electron chi connectivity index (χ4n) is 4.45. The summed E-state index contributed by atoms with van der Waals surface area (Å²) in [7, 11) is -16.8. The van der Waals surface area contributed by atoms with Crippen molar-refractivity contribution in [3.63, 3.8) is 0 Å². The topological polar surface area (TPSA) is 299 Å². The first-order valence-electron chi connectivity index (χ1n) is 13.2. The number of carbonyl (C=O) groups is 1. The first-order chi connectivity index (χ1) is 22.3. The number of aliphatic hydroxyl groups is 1. The molecule has 7 N–H and O–H groups in total. The zero-order valence-electron chi connectivity index (χ0n) is 23.7. The maximum atomic E-state index is 13.2. The molecule has 1 aromatic carbocycles. The van der Waals surface area contributed by atoms with Crippen LogP contribution >= 0.6 is 23.5 Å². The molecule has 5 atom stereocenters. The van der Waals surface area contributed by atoms with Crippen LogP contribution in [0.25, 0.3) is 11.2 Å². The molecule has 0 spiro atoms. The van der Waals surface area contributed by atoms with Gasteiger partial charge >= 0.3 is 35.3 Å². The van der Waals surface area contributed by atoms with E-state index < -0.39 is 66.3 Å². The van der Waals surface area contributed by atoms with E-state index >= 15 is 0 Å². The van der Waals surface area contributed by atoms with E-state index in [-0.39, 0.29) is 47.6 Å². The molecule has 1 fully saturated rings. The van der Waals surface area contributed by atoms with E-state index in [1.807, 2.05) is 0 Å². The Morgan fingerprint density at radius 2 is 1.71 bits per heavy atom. The molecule has 3 aromatic rings. The first kappa shape index (κ1) is 36.1. The van der Waals surface area contributed by atoms with Crippen molar-refractivity contribution in [1.82, 2.24) is 24.8 Å². The zero-order chi connectivity index (χ0) is 35.1. The molecule has 4 heterocycles. The van der Waals surface area contributed by atoms with Crippen LogP contribution in [0.1, 0.15) is 28.6 Å². The van der Waals surface area contributed by atoms with E-state index in [1.54, 1.807) is 0 Å². The molecule has 0 bridgehead atoms. The van der Waals surface area contributed by atoms with Crippen molar-refractivity contribution in [3.8, 4) is 0 Å². The average Bonchev–Trinajstić information content (AvgIpc) is 3.56. The number of imidazole rings is 1. The van der Waals surface area contributed by atoms with Crippen molar-refractivity contribution in [1.29, 1.82) is 0 Å². The number of aromatic nitrogens is 4. The maximum Gasteiger partial charge on any atom is 0.490 e. The lowest BCUT2D eigenvalue weighted by molar-refractivity contribution is -0.166. The Morgan fingerprint density at radius 1 is 1.02 bits per heavy atom. The fourth-order valence-corrected chi connectivity index (χ4v) is 7.48. The van der Waals surface area contributed by atoms with Crippen molar-refractivity contribution in [2.45, 2.75) is 36.7 Å². The average molecular weight is 746 g/mol. The standard InChI is InChI=1S/C21H24F3N8O13P3/c22-21(23,24)20(30-31-20)12-3-1-11(2-4-12)19(34)26-6-5-25-17-16-18(28-9-27-17)32(10-29-16)15-7-13(33)14(43-15)8-42-47(38,39)45-48(40,41)44-46(35,36)37/h1-4,9-10,13-15,33H,5-8H2,(H,26,34)(H,38,39)(H,40,41)(H,25,27,28)(H2,35,36,37)/t13-,14+,15+/m0/s1. The number of alkyl halides is 3. The molecule has 27 heteroatoms. The second kappa shape index (κ2) is 13.2. The minimum absolute atomic E-state index is 0.0686. The van der Waals surface area contributed by atoms with Crippen molar-refractivity contribution < 1.29 is 74.2 Å². The minimum atomic E-state index is -5.73. The summed E-state index contributed by atoms with van der Waals surface area (Å²) in [4.78, 5) is 61.1. The van der Waals surface area contributed by atoms with Gasteiger partial charge in [0.1, 0.15) is 18.7 Å². The van der Waals surface area contributed by atoms with Gasteiger partial charge in [-0.05, 0) is 12.1 Å². The summed E-state index contributed by atoms with van der Waals surface area (Å²) in [6.45, 7) is -0.663. The number of nitrogens with one attached hydrogen (secondary N) is 2. The molecule has 0 saturated carbocycles. The van der Waals surface area contributed by atoms with Crippen molar-refractivity contribution >= 4 is 46.4 Å². The summed E-state index contributed by atoms with van der Waals surface area (Å²) in [5.41, 5.74) is -2.21. The molecule has 0 aliphatic carbocycles. The molecular formula is C21H24F3N8O13P3. The maximum absolute atomic E-state index is 13.2. The highest BCUT2D eigenvalue weighted by molar-refractivity contribution is 7.66. The Balaban J connectivity index is 1.13. The van der Waals surface area contributed by atoms with Gasteiger partial charge in [-0.3, -0.25) is 13.9 Å². The largest absolute Gasteiger partial charge is 0.490 e. The molecule has 48 heavy (non-hydrogen) atoms.